The molecule has 0 heterocycles. The van der Waals surface area contributed by atoms with E-state index < -0.39 is 24.1 Å². The fourth-order valence-electron chi connectivity index (χ4n) is 1.49. The molecule has 0 unspecified atom stereocenters. The van der Waals surface area contributed by atoms with E-state index in [9.17, 15) is 14.7 Å². The van der Waals surface area contributed by atoms with Gasteiger partial charge in [0.1, 0.15) is 0 Å². The van der Waals surface area contributed by atoms with Crippen LogP contribution in [0.25, 0.3) is 0 Å². The van der Waals surface area contributed by atoms with Crippen LogP contribution in [0.15, 0.2) is 30.3 Å². The predicted octanol–water partition coefficient (Wildman–Crippen LogP) is -0.972. The predicted molar refractivity (Wildman–Crippen MR) is 67.2 cm³/mol. The van der Waals surface area contributed by atoms with Crippen LogP contribution >= 0.6 is 0 Å². The highest BCUT2D eigenvalue weighted by atomic mass is 16.4. The maximum atomic E-state index is 11.4. The number of aliphatic hydroxyl groups is 1. The van der Waals surface area contributed by atoms with E-state index in [1.165, 1.54) is 6.92 Å². The number of carboxylic acid groups (broad SMARTS) is 1. The SMILES string of the molecule is C[C@@H](O)CNC(=O)N[C@@H](Cc1ccccc1)C(=O)[O-]. The Balaban J connectivity index is 2.54. The highest BCUT2D eigenvalue weighted by molar-refractivity contribution is 5.81. The Bertz CT molecular complexity index is 420. The van der Waals surface area contributed by atoms with Gasteiger partial charge in [0.25, 0.3) is 0 Å². The fourth-order valence-corrected chi connectivity index (χ4v) is 1.49. The van der Waals surface area contributed by atoms with Crippen molar-refractivity contribution in [3.8, 4) is 0 Å². The Labute approximate surface area is 111 Å². The molecule has 1 aromatic carbocycles. The summed E-state index contributed by atoms with van der Waals surface area (Å²) in [5.74, 6) is -1.35. The smallest absolute Gasteiger partial charge is 0.315 e. The first-order chi connectivity index (χ1) is 8.99. The number of urea groups is 1. The zero-order valence-electron chi connectivity index (χ0n) is 10.6. The van der Waals surface area contributed by atoms with Gasteiger partial charge < -0.3 is 25.6 Å². The van der Waals surface area contributed by atoms with Gasteiger partial charge in [-0.05, 0) is 18.9 Å². The maximum absolute atomic E-state index is 11.4. The molecular formula is C13H17N2O4-. The molecule has 2 amide bonds. The van der Waals surface area contributed by atoms with E-state index in [4.69, 9.17) is 5.11 Å². The van der Waals surface area contributed by atoms with Crippen LogP contribution in [-0.2, 0) is 11.2 Å². The average molecular weight is 265 g/mol. The molecule has 0 aliphatic carbocycles. The van der Waals surface area contributed by atoms with Crippen molar-refractivity contribution in [2.45, 2.75) is 25.5 Å². The number of aliphatic carboxylic acids is 1. The lowest BCUT2D eigenvalue weighted by Crippen LogP contribution is -2.52. The van der Waals surface area contributed by atoms with Gasteiger partial charge in [0.15, 0.2) is 0 Å². The summed E-state index contributed by atoms with van der Waals surface area (Å²) in [6.07, 6.45) is -0.549. The topological polar surface area (TPSA) is 101 Å². The Hall–Kier alpha value is -2.08. The lowest BCUT2D eigenvalue weighted by atomic mass is 10.1. The number of hydrogen-bond acceptors (Lipinski definition) is 4. The second kappa shape index (κ2) is 7.38. The molecule has 6 nitrogen and oxygen atoms in total. The minimum absolute atomic E-state index is 0.0525. The van der Waals surface area contributed by atoms with Crippen LogP contribution in [0.2, 0.25) is 0 Å². The molecule has 0 aliphatic rings. The van der Waals surface area contributed by atoms with E-state index in [-0.39, 0.29) is 13.0 Å². The Morgan fingerprint density at radius 1 is 1.32 bits per heavy atom. The van der Waals surface area contributed by atoms with Crippen molar-refractivity contribution in [2.24, 2.45) is 0 Å². The molecular weight excluding hydrogens is 248 g/mol. The summed E-state index contributed by atoms with van der Waals surface area (Å²) in [6.45, 7) is 1.57. The summed E-state index contributed by atoms with van der Waals surface area (Å²) in [5, 5.41) is 24.6. The summed E-state index contributed by atoms with van der Waals surface area (Å²) < 4.78 is 0. The molecule has 1 aromatic rings. The van der Waals surface area contributed by atoms with E-state index in [2.05, 4.69) is 10.6 Å². The van der Waals surface area contributed by atoms with Crippen LogP contribution in [0.5, 0.6) is 0 Å². The van der Waals surface area contributed by atoms with E-state index >= 15 is 0 Å². The van der Waals surface area contributed by atoms with Gasteiger partial charge in [-0.2, -0.15) is 0 Å². The molecule has 6 heteroatoms. The second-order valence-corrected chi connectivity index (χ2v) is 4.26. The second-order valence-electron chi connectivity index (χ2n) is 4.26. The largest absolute Gasteiger partial charge is 0.548 e. The average Bonchev–Trinajstić information content (AvgIpc) is 2.36. The van der Waals surface area contributed by atoms with Crippen molar-refractivity contribution in [3.05, 3.63) is 35.9 Å². The molecule has 0 saturated heterocycles. The van der Waals surface area contributed by atoms with Gasteiger partial charge in [0.05, 0.1) is 18.1 Å². The molecule has 104 valence electrons. The molecule has 0 spiro atoms. The molecule has 0 saturated carbocycles. The molecule has 0 radical (unpaired) electrons. The van der Waals surface area contributed by atoms with E-state index in [0.717, 1.165) is 5.56 Å². The molecule has 3 N–H and O–H groups in total. The maximum Gasteiger partial charge on any atom is 0.315 e. The zero-order valence-corrected chi connectivity index (χ0v) is 10.6. The van der Waals surface area contributed by atoms with Crippen molar-refractivity contribution >= 4 is 12.0 Å². The molecule has 1 rings (SSSR count). The Morgan fingerprint density at radius 3 is 2.47 bits per heavy atom. The number of amides is 2. The number of benzene rings is 1. The molecule has 2 atom stereocenters. The standard InChI is InChI=1S/C13H18N2O4/c1-9(16)8-14-13(19)15-11(12(17)18)7-10-5-3-2-4-6-10/h2-6,9,11,16H,7-8H2,1H3,(H,17,18)(H2,14,15,19)/p-1/t9-,11+/m1/s1. The number of rotatable bonds is 6. The number of carbonyl (C=O) groups is 2. The van der Waals surface area contributed by atoms with E-state index in [1.807, 2.05) is 6.07 Å². The van der Waals surface area contributed by atoms with Gasteiger partial charge in [-0.25, -0.2) is 4.79 Å². The number of aliphatic hydroxyl groups excluding tert-OH is 1. The van der Waals surface area contributed by atoms with E-state index in [0.29, 0.717) is 0 Å². The normalized spacial score (nSPS) is 13.4. The van der Waals surface area contributed by atoms with Gasteiger partial charge in [-0.1, -0.05) is 30.3 Å². The Kier molecular flexibility index (Phi) is 5.81. The molecule has 0 fully saturated rings. The fraction of sp³-hybridized carbons (Fsp3) is 0.385. The van der Waals surface area contributed by atoms with Gasteiger partial charge >= 0.3 is 6.03 Å². The van der Waals surface area contributed by atoms with Crippen LogP contribution in [0.4, 0.5) is 4.79 Å². The lowest BCUT2D eigenvalue weighted by Gasteiger charge is -2.20. The summed E-state index contributed by atoms with van der Waals surface area (Å²) in [6, 6.07) is 7.17. The summed E-state index contributed by atoms with van der Waals surface area (Å²) >= 11 is 0. The van der Waals surface area contributed by atoms with Gasteiger partial charge in [-0.15, -0.1) is 0 Å². The third-order valence-corrected chi connectivity index (χ3v) is 2.43. The number of carbonyl (C=O) groups excluding carboxylic acids is 2. The minimum Gasteiger partial charge on any atom is -0.548 e. The molecule has 0 aromatic heterocycles. The first kappa shape index (κ1) is 15.0. The molecule has 19 heavy (non-hydrogen) atoms. The van der Waals surface area contributed by atoms with Crippen molar-refractivity contribution in [1.29, 1.82) is 0 Å². The highest BCUT2D eigenvalue weighted by Crippen LogP contribution is 2.02. The van der Waals surface area contributed by atoms with Crippen molar-refractivity contribution in [2.75, 3.05) is 6.54 Å². The number of hydrogen-bond donors (Lipinski definition) is 3. The summed E-state index contributed by atoms with van der Waals surface area (Å²) in [5.41, 5.74) is 0.785. The third kappa shape index (κ3) is 5.87. The van der Waals surface area contributed by atoms with Crippen LogP contribution < -0.4 is 15.7 Å². The summed E-state index contributed by atoms with van der Waals surface area (Å²) in [7, 11) is 0. The van der Waals surface area contributed by atoms with Crippen molar-refractivity contribution in [3.63, 3.8) is 0 Å². The number of nitrogens with one attached hydrogen (secondary N) is 2. The third-order valence-electron chi connectivity index (χ3n) is 2.43. The molecule has 0 bridgehead atoms. The van der Waals surface area contributed by atoms with Crippen molar-refractivity contribution < 1.29 is 19.8 Å². The van der Waals surface area contributed by atoms with Crippen LogP contribution in [0.3, 0.4) is 0 Å². The highest BCUT2D eigenvalue weighted by Gasteiger charge is 2.14. The monoisotopic (exact) mass is 265 g/mol. The quantitative estimate of drug-likeness (QED) is 0.615. The van der Waals surface area contributed by atoms with Crippen molar-refractivity contribution in [1.82, 2.24) is 10.6 Å². The number of carboxylic acids is 1. The first-order valence-corrected chi connectivity index (χ1v) is 5.96. The van der Waals surface area contributed by atoms with Gasteiger partial charge in [0.2, 0.25) is 0 Å². The van der Waals surface area contributed by atoms with Crippen LogP contribution in [0.1, 0.15) is 12.5 Å². The minimum atomic E-state index is -1.35. The molecule has 0 aliphatic heterocycles. The van der Waals surface area contributed by atoms with E-state index in [1.54, 1.807) is 24.3 Å². The first-order valence-electron chi connectivity index (χ1n) is 5.96. The van der Waals surface area contributed by atoms with Crippen LogP contribution in [-0.4, -0.2) is 35.8 Å². The van der Waals surface area contributed by atoms with Crippen LogP contribution in [0, 0.1) is 0 Å². The zero-order chi connectivity index (χ0) is 14.3. The lowest BCUT2D eigenvalue weighted by molar-refractivity contribution is -0.308. The summed E-state index contributed by atoms with van der Waals surface area (Å²) in [4.78, 5) is 22.4. The Morgan fingerprint density at radius 2 is 1.95 bits per heavy atom. The van der Waals surface area contributed by atoms with Gasteiger partial charge in [-0.3, -0.25) is 0 Å². The van der Waals surface area contributed by atoms with Gasteiger partial charge in [0, 0.05) is 6.54 Å².